The van der Waals surface area contributed by atoms with Crippen molar-refractivity contribution in [2.24, 2.45) is 5.73 Å². The molecule has 0 atom stereocenters. The lowest BCUT2D eigenvalue weighted by molar-refractivity contribution is -0.120. The van der Waals surface area contributed by atoms with Gasteiger partial charge in [-0.1, -0.05) is 24.0 Å². The van der Waals surface area contributed by atoms with Crippen molar-refractivity contribution in [1.82, 2.24) is 10.6 Å². The Balaban J connectivity index is 2.71. The Morgan fingerprint density at radius 3 is 2.65 bits per heavy atom. The Bertz CT molecular complexity index is 542. The average Bonchev–Trinajstić information content (AvgIpc) is 2.42. The van der Waals surface area contributed by atoms with Crippen LogP contribution in [-0.4, -0.2) is 30.9 Å². The van der Waals surface area contributed by atoms with Crippen LogP contribution in [0, 0.1) is 11.8 Å². The van der Waals surface area contributed by atoms with E-state index in [2.05, 4.69) is 22.5 Å². The number of benzene rings is 1. The molecule has 5 nitrogen and oxygen atoms in total. The number of nitrogens with two attached hydrogens (primary N) is 1. The van der Waals surface area contributed by atoms with Gasteiger partial charge in [-0.3, -0.25) is 9.59 Å². The molecule has 0 fully saturated rings. The molecule has 1 aromatic rings. The first-order chi connectivity index (χ1) is 9.54. The van der Waals surface area contributed by atoms with Gasteiger partial charge in [0.15, 0.2) is 0 Å². The molecular weight excluding hydrogens is 254 g/mol. The molecule has 20 heavy (non-hydrogen) atoms. The number of hydrogen-bond acceptors (Lipinski definition) is 3. The summed E-state index contributed by atoms with van der Waals surface area (Å²) < 4.78 is 0. The van der Waals surface area contributed by atoms with Gasteiger partial charge in [-0.05, 0) is 26.0 Å². The molecule has 0 aliphatic rings. The monoisotopic (exact) mass is 273 g/mol. The van der Waals surface area contributed by atoms with Crippen molar-refractivity contribution in [1.29, 1.82) is 0 Å². The minimum atomic E-state index is -0.328. The van der Waals surface area contributed by atoms with Gasteiger partial charge >= 0.3 is 0 Å². The van der Waals surface area contributed by atoms with Crippen LogP contribution in [0.1, 0.15) is 29.8 Å². The van der Waals surface area contributed by atoms with E-state index in [0.717, 1.165) is 0 Å². The molecule has 5 heteroatoms. The Morgan fingerprint density at radius 1 is 1.30 bits per heavy atom. The molecule has 4 N–H and O–H groups in total. The van der Waals surface area contributed by atoms with Gasteiger partial charge in [-0.15, -0.1) is 0 Å². The summed E-state index contributed by atoms with van der Waals surface area (Å²) in [7, 11) is 0. The zero-order valence-electron chi connectivity index (χ0n) is 11.7. The fourth-order valence-corrected chi connectivity index (χ4v) is 1.57. The van der Waals surface area contributed by atoms with Gasteiger partial charge in [-0.2, -0.15) is 0 Å². The SMILES string of the molecule is CC(C)NC(=O)CNC(=O)c1ccccc1C#CCN. The van der Waals surface area contributed by atoms with Gasteiger partial charge in [0.25, 0.3) is 5.91 Å². The molecule has 1 aromatic carbocycles. The number of amides is 2. The zero-order chi connectivity index (χ0) is 15.0. The third-order valence-electron chi connectivity index (χ3n) is 2.36. The summed E-state index contributed by atoms with van der Waals surface area (Å²) in [4.78, 5) is 23.5. The summed E-state index contributed by atoms with van der Waals surface area (Å²) in [6, 6.07) is 6.99. The zero-order valence-corrected chi connectivity index (χ0v) is 11.7. The molecule has 2 amide bonds. The Kier molecular flexibility index (Phi) is 6.27. The van der Waals surface area contributed by atoms with E-state index in [9.17, 15) is 9.59 Å². The number of carbonyl (C=O) groups excluding carboxylic acids is 2. The van der Waals surface area contributed by atoms with Crippen LogP contribution in [0.3, 0.4) is 0 Å². The lowest BCUT2D eigenvalue weighted by Gasteiger charge is -2.10. The van der Waals surface area contributed by atoms with Crippen molar-refractivity contribution in [3.05, 3.63) is 35.4 Å². The van der Waals surface area contributed by atoms with E-state index >= 15 is 0 Å². The van der Waals surface area contributed by atoms with E-state index in [1.54, 1.807) is 24.3 Å². The first-order valence-electron chi connectivity index (χ1n) is 6.40. The molecule has 0 radical (unpaired) electrons. The van der Waals surface area contributed by atoms with Gasteiger partial charge in [0.05, 0.1) is 18.7 Å². The van der Waals surface area contributed by atoms with Crippen LogP contribution in [0.2, 0.25) is 0 Å². The normalized spacial score (nSPS) is 9.60. The largest absolute Gasteiger partial charge is 0.352 e. The van der Waals surface area contributed by atoms with Crippen molar-refractivity contribution < 1.29 is 9.59 Å². The summed E-state index contributed by atoms with van der Waals surface area (Å²) in [5, 5.41) is 5.27. The minimum Gasteiger partial charge on any atom is -0.352 e. The molecule has 106 valence electrons. The predicted octanol–water partition coefficient (Wildman–Crippen LogP) is 0.251. The molecule has 0 saturated carbocycles. The second-order valence-corrected chi connectivity index (χ2v) is 4.46. The fourth-order valence-electron chi connectivity index (χ4n) is 1.57. The van der Waals surface area contributed by atoms with Crippen molar-refractivity contribution in [2.75, 3.05) is 13.1 Å². The molecule has 0 aromatic heterocycles. The third-order valence-corrected chi connectivity index (χ3v) is 2.36. The van der Waals surface area contributed by atoms with Gasteiger partial charge < -0.3 is 16.4 Å². The fraction of sp³-hybridized carbons (Fsp3) is 0.333. The van der Waals surface area contributed by atoms with Crippen molar-refractivity contribution in [3.8, 4) is 11.8 Å². The Labute approximate surface area is 118 Å². The highest BCUT2D eigenvalue weighted by Crippen LogP contribution is 2.06. The van der Waals surface area contributed by atoms with Crippen LogP contribution in [0.25, 0.3) is 0 Å². The average molecular weight is 273 g/mol. The summed E-state index contributed by atoms with van der Waals surface area (Å²) in [6.07, 6.45) is 0. The second kappa shape index (κ2) is 7.97. The highest BCUT2D eigenvalue weighted by molar-refractivity contribution is 5.98. The van der Waals surface area contributed by atoms with Gasteiger partial charge in [-0.25, -0.2) is 0 Å². The van der Waals surface area contributed by atoms with E-state index in [0.29, 0.717) is 11.1 Å². The van der Waals surface area contributed by atoms with Crippen molar-refractivity contribution in [3.63, 3.8) is 0 Å². The topological polar surface area (TPSA) is 84.2 Å². The molecule has 0 aliphatic carbocycles. The van der Waals surface area contributed by atoms with E-state index < -0.39 is 0 Å². The number of carbonyl (C=O) groups is 2. The van der Waals surface area contributed by atoms with Crippen LogP contribution in [0.15, 0.2) is 24.3 Å². The molecular formula is C15H19N3O2. The molecule has 0 heterocycles. The number of nitrogens with one attached hydrogen (secondary N) is 2. The lowest BCUT2D eigenvalue weighted by atomic mass is 10.1. The maximum absolute atomic E-state index is 12.0. The van der Waals surface area contributed by atoms with Crippen LogP contribution in [-0.2, 0) is 4.79 Å². The van der Waals surface area contributed by atoms with Crippen LogP contribution < -0.4 is 16.4 Å². The summed E-state index contributed by atoms with van der Waals surface area (Å²) in [5.74, 6) is 5.00. The maximum Gasteiger partial charge on any atom is 0.252 e. The van der Waals surface area contributed by atoms with Gasteiger partial charge in [0.1, 0.15) is 0 Å². The molecule has 0 unspecified atom stereocenters. The van der Waals surface area contributed by atoms with Crippen molar-refractivity contribution >= 4 is 11.8 Å². The Hall–Kier alpha value is -2.32. The first-order valence-corrected chi connectivity index (χ1v) is 6.40. The molecule has 1 rings (SSSR count). The van der Waals surface area contributed by atoms with Crippen molar-refractivity contribution in [2.45, 2.75) is 19.9 Å². The number of hydrogen-bond donors (Lipinski definition) is 3. The van der Waals surface area contributed by atoms with Gasteiger partial charge in [0.2, 0.25) is 5.91 Å². The molecule has 0 spiro atoms. The van der Waals surface area contributed by atoms with Crippen LogP contribution in [0.5, 0.6) is 0 Å². The summed E-state index contributed by atoms with van der Waals surface area (Å²) in [6.45, 7) is 3.89. The quantitative estimate of drug-likeness (QED) is 0.688. The standard InChI is InChI=1S/C15H19N3O2/c1-11(2)18-14(19)10-17-15(20)13-8-4-3-6-12(13)7-5-9-16/h3-4,6,8,11H,9-10,16H2,1-2H3,(H,17,20)(H,18,19). The van der Waals surface area contributed by atoms with E-state index in [1.165, 1.54) is 0 Å². The van der Waals surface area contributed by atoms with E-state index in [-0.39, 0.29) is 30.9 Å². The Morgan fingerprint density at radius 2 is 2.00 bits per heavy atom. The highest BCUT2D eigenvalue weighted by atomic mass is 16.2. The third kappa shape index (κ3) is 5.12. The molecule has 0 bridgehead atoms. The maximum atomic E-state index is 12.0. The highest BCUT2D eigenvalue weighted by Gasteiger charge is 2.11. The molecule has 0 aliphatic heterocycles. The summed E-state index contributed by atoms with van der Waals surface area (Å²) in [5.41, 5.74) is 6.35. The van der Waals surface area contributed by atoms with Gasteiger partial charge in [0, 0.05) is 11.6 Å². The van der Waals surface area contributed by atoms with E-state index in [4.69, 9.17) is 5.73 Å². The smallest absolute Gasteiger partial charge is 0.252 e. The molecule has 0 saturated heterocycles. The number of rotatable bonds is 4. The predicted molar refractivity (Wildman–Crippen MR) is 78.0 cm³/mol. The first kappa shape index (κ1) is 15.7. The second-order valence-electron chi connectivity index (χ2n) is 4.46. The van der Waals surface area contributed by atoms with Crippen LogP contribution in [0.4, 0.5) is 0 Å². The lowest BCUT2D eigenvalue weighted by Crippen LogP contribution is -2.39. The van der Waals surface area contributed by atoms with Crippen LogP contribution >= 0.6 is 0 Å². The van der Waals surface area contributed by atoms with E-state index in [1.807, 2.05) is 13.8 Å². The minimum absolute atomic E-state index is 0.0436. The summed E-state index contributed by atoms with van der Waals surface area (Å²) >= 11 is 0.